The number of hydrogen-bond donors (Lipinski definition) is 0. The average molecular weight is 154 g/mol. The molecule has 1 heteroatoms. The first-order valence-corrected chi connectivity index (χ1v) is 4.53. The zero-order valence-corrected chi connectivity index (χ0v) is 7.38. The van der Waals surface area contributed by atoms with E-state index in [0.29, 0.717) is 0 Å². The van der Waals surface area contributed by atoms with Gasteiger partial charge >= 0.3 is 0 Å². The van der Waals surface area contributed by atoms with E-state index in [2.05, 4.69) is 13.5 Å². The lowest BCUT2D eigenvalue weighted by atomic mass is 9.86. The highest BCUT2D eigenvalue weighted by molar-refractivity contribution is 4.75. The first kappa shape index (κ1) is 8.79. The van der Waals surface area contributed by atoms with Crippen LogP contribution < -0.4 is 0 Å². The molecule has 2 atom stereocenters. The SMILES string of the molecule is C=CCC[C@H]1CCOC[C@@H]1C. The standard InChI is InChI=1S/C10H18O/c1-3-4-5-10-6-7-11-8-9(10)2/h3,9-10H,1,4-8H2,2H3/t9-,10-/m0/s1. The molecular formula is C10H18O. The van der Waals surface area contributed by atoms with Crippen molar-refractivity contribution in [3.8, 4) is 0 Å². The molecule has 0 N–H and O–H groups in total. The smallest absolute Gasteiger partial charge is 0.0494 e. The van der Waals surface area contributed by atoms with Crippen molar-refractivity contribution in [1.82, 2.24) is 0 Å². The molecule has 0 radical (unpaired) electrons. The molecule has 0 saturated carbocycles. The molecule has 64 valence electrons. The number of hydrogen-bond acceptors (Lipinski definition) is 1. The summed E-state index contributed by atoms with van der Waals surface area (Å²) in [7, 11) is 0. The quantitative estimate of drug-likeness (QED) is 0.568. The molecule has 1 aliphatic rings. The monoisotopic (exact) mass is 154 g/mol. The molecule has 1 nitrogen and oxygen atoms in total. The van der Waals surface area contributed by atoms with Crippen molar-refractivity contribution in [3.05, 3.63) is 12.7 Å². The number of ether oxygens (including phenoxy) is 1. The Bertz CT molecular complexity index is 120. The predicted molar refractivity (Wildman–Crippen MR) is 47.5 cm³/mol. The van der Waals surface area contributed by atoms with Gasteiger partial charge in [-0.3, -0.25) is 0 Å². The van der Waals surface area contributed by atoms with E-state index in [1.54, 1.807) is 0 Å². The fourth-order valence-electron chi connectivity index (χ4n) is 1.69. The average Bonchev–Trinajstić information content (AvgIpc) is 2.03. The van der Waals surface area contributed by atoms with Crippen molar-refractivity contribution in [2.24, 2.45) is 11.8 Å². The van der Waals surface area contributed by atoms with E-state index in [1.807, 2.05) is 6.08 Å². The van der Waals surface area contributed by atoms with Gasteiger partial charge in [-0.1, -0.05) is 13.0 Å². The minimum atomic E-state index is 0.753. The first-order chi connectivity index (χ1) is 5.34. The van der Waals surface area contributed by atoms with Gasteiger partial charge in [0.05, 0.1) is 0 Å². The maximum atomic E-state index is 5.37. The van der Waals surface area contributed by atoms with Crippen molar-refractivity contribution in [3.63, 3.8) is 0 Å². The predicted octanol–water partition coefficient (Wildman–Crippen LogP) is 2.63. The summed E-state index contributed by atoms with van der Waals surface area (Å²) in [5.74, 6) is 1.63. The van der Waals surface area contributed by atoms with Gasteiger partial charge in [-0.25, -0.2) is 0 Å². The van der Waals surface area contributed by atoms with E-state index in [-0.39, 0.29) is 0 Å². The third-order valence-corrected chi connectivity index (χ3v) is 2.56. The molecule has 1 fully saturated rings. The number of allylic oxidation sites excluding steroid dienone is 1. The third-order valence-electron chi connectivity index (χ3n) is 2.56. The highest BCUT2D eigenvalue weighted by Crippen LogP contribution is 2.25. The third kappa shape index (κ3) is 2.66. The van der Waals surface area contributed by atoms with Gasteiger partial charge in [0.15, 0.2) is 0 Å². The molecule has 0 aromatic heterocycles. The van der Waals surface area contributed by atoms with Crippen LogP contribution in [0.2, 0.25) is 0 Å². The van der Waals surface area contributed by atoms with Crippen molar-refractivity contribution in [2.45, 2.75) is 26.2 Å². The second-order valence-electron chi connectivity index (χ2n) is 3.47. The zero-order valence-electron chi connectivity index (χ0n) is 7.38. The summed E-state index contributed by atoms with van der Waals surface area (Å²) < 4.78 is 5.37. The van der Waals surface area contributed by atoms with Crippen LogP contribution in [0.25, 0.3) is 0 Å². The van der Waals surface area contributed by atoms with Crippen LogP contribution in [-0.4, -0.2) is 13.2 Å². The summed E-state index contributed by atoms with van der Waals surface area (Å²) in [5.41, 5.74) is 0. The Morgan fingerprint density at radius 3 is 3.09 bits per heavy atom. The normalized spacial score (nSPS) is 31.7. The fraction of sp³-hybridized carbons (Fsp3) is 0.800. The van der Waals surface area contributed by atoms with Crippen LogP contribution in [0.5, 0.6) is 0 Å². The van der Waals surface area contributed by atoms with Crippen LogP contribution in [0.15, 0.2) is 12.7 Å². The van der Waals surface area contributed by atoms with Crippen LogP contribution >= 0.6 is 0 Å². The van der Waals surface area contributed by atoms with E-state index in [0.717, 1.165) is 31.5 Å². The largest absolute Gasteiger partial charge is 0.381 e. The molecule has 0 aromatic rings. The zero-order chi connectivity index (χ0) is 8.10. The van der Waals surface area contributed by atoms with Gasteiger partial charge in [-0.2, -0.15) is 0 Å². The summed E-state index contributed by atoms with van der Waals surface area (Å²) in [6.07, 6.45) is 5.72. The number of rotatable bonds is 3. The first-order valence-electron chi connectivity index (χ1n) is 4.53. The topological polar surface area (TPSA) is 9.23 Å². The van der Waals surface area contributed by atoms with Gasteiger partial charge in [-0.15, -0.1) is 6.58 Å². The maximum Gasteiger partial charge on any atom is 0.0494 e. The Kier molecular flexibility index (Phi) is 3.64. The lowest BCUT2D eigenvalue weighted by Gasteiger charge is -2.28. The lowest BCUT2D eigenvalue weighted by Crippen LogP contribution is -2.24. The van der Waals surface area contributed by atoms with Gasteiger partial charge in [0.1, 0.15) is 0 Å². The second kappa shape index (κ2) is 4.55. The molecular weight excluding hydrogens is 136 g/mol. The van der Waals surface area contributed by atoms with Gasteiger partial charge in [0, 0.05) is 13.2 Å². The van der Waals surface area contributed by atoms with E-state index < -0.39 is 0 Å². The Morgan fingerprint density at radius 2 is 2.45 bits per heavy atom. The van der Waals surface area contributed by atoms with Crippen LogP contribution in [0.3, 0.4) is 0 Å². The van der Waals surface area contributed by atoms with Crippen molar-refractivity contribution >= 4 is 0 Å². The van der Waals surface area contributed by atoms with Crippen LogP contribution in [-0.2, 0) is 4.74 Å². The van der Waals surface area contributed by atoms with E-state index >= 15 is 0 Å². The molecule has 0 amide bonds. The minimum absolute atomic E-state index is 0.753. The summed E-state index contributed by atoms with van der Waals surface area (Å²) in [5, 5.41) is 0. The molecule has 0 spiro atoms. The molecule has 11 heavy (non-hydrogen) atoms. The van der Waals surface area contributed by atoms with Gasteiger partial charge in [0.2, 0.25) is 0 Å². The molecule has 0 aliphatic carbocycles. The van der Waals surface area contributed by atoms with E-state index in [4.69, 9.17) is 4.74 Å². The Balaban J connectivity index is 2.23. The highest BCUT2D eigenvalue weighted by atomic mass is 16.5. The van der Waals surface area contributed by atoms with Crippen molar-refractivity contribution in [2.75, 3.05) is 13.2 Å². The molecule has 0 unspecified atom stereocenters. The molecule has 0 bridgehead atoms. The molecule has 1 aliphatic heterocycles. The summed E-state index contributed by atoms with van der Waals surface area (Å²) >= 11 is 0. The fourth-order valence-corrected chi connectivity index (χ4v) is 1.69. The van der Waals surface area contributed by atoms with Crippen LogP contribution in [0.1, 0.15) is 26.2 Å². The van der Waals surface area contributed by atoms with Crippen LogP contribution in [0, 0.1) is 11.8 Å². The van der Waals surface area contributed by atoms with Crippen molar-refractivity contribution in [1.29, 1.82) is 0 Å². The summed E-state index contributed by atoms with van der Waals surface area (Å²) in [4.78, 5) is 0. The summed E-state index contributed by atoms with van der Waals surface area (Å²) in [6.45, 7) is 7.95. The molecule has 1 heterocycles. The molecule has 1 saturated heterocycles. The van der Waals surface area contributed by atoms with Gasteiger partial charge < -0.3 is 4.74 Å². The second-order valence-corrected chi connectivity index (χ2v) is 3.47. The highest BCUT2D eigenvalue weighted by Gasteiger charge is 2.20. The summed E-state index contributed by atoms with van der Waals surface area (Å²) in [6, 6.07) is 0. The van der Waals surface area contributed by atoms with Crippen molar-refractivity contribution < 1.29 is 4.74 Å². The lowest BCUT2D eigenvalue weighted by molar-refractivity contribution is 0.0219. The van der Waals surface area contributed by atoms with E-state index in [9.17, 15) is 0 Å². The van der Waals surface area contributed by atoms with Gasteiger partial charge in [0.25, 0.3) is 0 Å². The van der Waals surface area contributed by atoms with Crippen LogP contribution in [0.4, 0.5) is 0 Å². The Labute approximate surface area is 69.4 Å². The van der Waals surface area contributed by atoms with E-state index in [1.165, 1.54) is 12.8 Å². The molecule has 1 rings (SSSR count). The molecule has 0 aromatic carbocycles. The minimum Gasteiger partial charge on any atom is -0.381 e. The Hall–Kier alpha value is -0.300. The Morgan fingerprint density at radius 1 is 1.64 bits per heavy atom. The van der Waals surface area contributed by atoms with Gasteiger partial charge in [-0.05, 0) is 31.1 Å². The maximum absolute atomic E-state index is 5.37.